The standard InChI is InChI=1S/C16H21F3N4O/c1-10(2)23-14-5-7-22(9-13(14)21-15(23)24)8-12-11(16(17,18)19)4-3-6-20-12/h3-4,6,10,13-14H,5,7-9H2,1-2H3,(H,21,24)/t13-,14+/m1/s1. The second-order valence-corrected chi connectivity index (χ2v) is 6.64. The van der Waals surface area contributed by atoms with E-state index in [2.05, 4.69) is 10.3 Å². The summed E-state index contributed by atoms with van der Waals surface area (Å²) in [6, 6.07) is 2.45. The van der Waals surface area contributed by atoms with E-state index >= 15 is 0 Å². The van der Waals surface area contributed by atoms with Gasteiger partial charge in [0.05, 0.1) is 23.3 Å². The van der Waals surface area contributed by atoms with Crippen LogP contribution in [0.2, 0.25) is 0 Å². The summed E-state index contributed by atoms with van der Waals surface area (Å²) in [5.74, 6) is 0. The molecule has 0 aliphatic carbocycles. The van der Waals surface area contributed by atoms with E-state index in [4.69, 9.17) is 0 Å². The van der Waals surface area contributed by atoms with Crippen LogP contribution >= 0.6 is 0 Å². The molecule has 1 aromatic rings. The Morgan fingerprint density at radius 1 is 1.42 bits per heavy atom. The van der Waals surface area contributed by atoms with Gasteiger partial charge in [-0.25, -0.2) is 4.79 Å². The van der Waals surface area contributed by atoms with E-state index in [1.54, 1.807) is 0 Å². The Morgan fingerprint density at radius 2 is 2.17 bits per heavy atom. The van der Waals surface area contributed by atoms with Gasteiger partial charge < -0.3 is 10.2 Å². The number of likely N-dealkylation sites (tertiary alicyclic amines) is 1. The number of hydrogen-bond acceptors (Lipinski definition) is 3. The second kappa shape index (κ2) is 6.23. The molecule has 0 bridgehead atoms. The highest BCUT2D eigenvalue weighted by Crippen LogP contribution is 2.32. The quantitative estimate of drug-likeness (QED) is 0.918. The average Bonchev–Trinajstić information content (AvgIpc) is 2.81. The van der Waals surface area contributed by atoms with Crippen molar-refractivity contribution in [3.05, 3.63) is 29.6 Å². The van der Waals surface area contributed by atoms with Crippen LogP contribution in [0.3, 0.4) is 0 Å². The van der Waals surface area contributed by atoms with Crippen molar-refractivity contribution in [1.29, 1.82) is 0 Å². The number of aromatic nitrogens is 1. The number of urea groups is 1. The minimum Gasteiger partial charge on any atom is -0.332 e. The molecule has 24 heavy (non-hydrogen) atoms. The summed E-state index contributed by atoms with van der Waals surface area (Å²) < 4.78 is 39.3. The van der Waals surface area contributed by atoms with E-state index in [1.807, 2.05) is 23.6 Å². The highest BCUT2D eigenvalue weighted by molar-refractivity contribution is 5.78. The summed E-state index contributed by atoms with van der Waals surface area (Å²) in [6.45, 7) is 5.26. The molecule has 0 radical (unpaired) electrons. The number of amides is 2. The highest BCUT2D eigenvalue weighted by atomic mass is 19.4. The predicted octanol–water partition coefficient (Wildman–Crippen LogP) is 2.48. The average molecular weight is 342 g/mol. The number of carbonyl (C=O) groups excluding carboxylic acids is 1. The van der Waals surface area contributed by atoms with Crippen LogP contribution in [0.1, 0.15) is 31.5 Å². The lowest BCUT2D eigenvalue weighted by molar-refractivity contribution is -0.138. The Labute approximate surface area is 138 Å². The van der Waals surface area contributed by atoms with Gasteiger partial charge in [-0.1, -0.05) is 0 Å². The van der Waals surface area contributed by atoms with Crippen LogP contribution in [-0.2, 0) is 12.7 Å². The third kappa shape index (κ3) is 3.19. The normalized spacial score (nSPS) is 25.1. The molecule has 2 saturated heterocycles. The molecular formula is C16H21F3N4O. The maximum absolute atomic E-state index is 13.1. The molecule has 2 amide bonds. The Kier molecular flexibility index (Phi) is 4.42. The van der Waals surface area contributed by atoms with Crippen LogP contribution in [0.5, 0.6) is 0 Å². The zero-order valence-corrected chi connectivity index (χ0v) is 13.7. The van der Waals surface area contributed by atoms with Crippen molar-refractivity contribution in [1.82, 2.24) is 20.1 Å². The van der Waals surface area contributed by atoms with Gasteiger partial charge in [-0.15, -0.1) is 0 Å². The van der Waals surface area contributed by atoms with E-state index in [0.29, 0.717) is 13.1 Å². The van der Waals surface area contributed by atoms with Crippen LogP contribution < -0.4 is 5.32 Å². The number of piperidine rings is 1. The summed E-state index contributed by atoms with van der Waals surface area (Å²) in [7, 11) is 0. The minimum atomic E-state index is -4.40. The topological polar surface area (TPSA) is 48.5 Å². The molecular weight excluding hydrogens is 321 g/mol. The number of fused-ring (bicyclic) bond motifs is 1. The Bertz CT molecular complexity index is 620. The maximum atomic E-state index is 13.1. The van der Waals surface area contributed by atoms with Gasteiger partial charge in [-0.2, -0.15) is 13.2 Å². The van der Waals surface area contributed by atoms with E-state index < -0.39 is 11.7 Å². The van der Waals surface area contributed by atoms with Gasteiger partial charge in [-0.3, -0.25) is 9.88 Å². The molecule has 5 nitrogen and oxygen atoms in total. The molecule has 0 spiro atoms. The number of nitrogens with zero attached hydrogens (tertiary/aromatic N) is 3. The first-order valence-corrected chi connectivity index (χ1v) is 8.09. The predicted molar refractivity (Wildman–Crippen MR) is 82.2 cm³/mol. The third-order valence-corrected chi connectivity index (χ3v) is 4.69. The highest BCUT2D eigenvalue weighted by Gasteiger charge is 2.44. The Morgan fingerprint density at radius 3 is 2.83 bits per heavy atom. The van der Waals surface area contributed by atoms with Crippen molar-refractivity contribution in [2.45, 2.75) is 51.1 Å². The lowest BCUT2D eigenvalue weighted by Crippen LogP contribution is -2.51. The summed E-state index contributed by atoms with van der Waals surface area (Å²) >= 11 is 0. The number of rotatable bonds is 3. The lowest BCUT2D eigenvalue weighted by Gasteiger charge is -2.38. The number of pyridine rings is 1. The van der Waals surface area contributed by atoms with Crippen LogP contribution in [0, 0.1) is 0 Å². The fourth-order valence-corrected chi connectivity index (χ4v) is 3.66. The molecule has 132 valence electrons. The third-order valence-electron chi connectivity index (χ3n) is 4.69. The number of alkyl halides is 3. The molecule has 1 aromatic heterocycles. The van der Waals surface area contributed by atoms with Gasteiger partial charge in [-0.05, 0) is 32.4 Å². The summed E-state index contributed by atoms with van der Waals surface area (Å²) in [5.41, 5.74) is -0.653. The molecule has 2 atom stereocenters. The van der Waals surface area contributed by atoms with Gasteiger partial charge in [0.25, 0.3) is 0 Å². The Balaban J connectivity index is 1.71. The molecule has 3 rings (SSSR count). The van der Waals surface area contributed by atoms with Crippen molar-refractivity contribution in [3.8, 4) is 0 Å². The van der Waals surface area contributed by atoms with Crippen LogP contribution in [0.4, 0.5) is 18.0 Å². The van der Waals surface area contributed by atoms with Gasteiger partial charge >= 0.3 is 12.2 Å². The van der Waals surface area contributed by atoms with Gasteiger partial charge in [0.1, 0.15) is 0 Å². The number of hydrogen-bond donors (Lipinski definition) is 1. The molecule has 8 heteroatoms. The molecule has 0 saturated carbocycles. The fourth-order valence-electron chi connectivity index (χ4n) is 3.66. The minimum absolute atomic E-state index is 0.0356. The molecule has 0 aromatic carbocycles. The molecule has 2 fully saturated rings. The summed E-state index contributed by atoms with van der Waals surface area (Å²) in [6.07, 6.45) is -2.27. The van der Waals surface area contributed by atoms with Crippen molar-refractivity contribution >= 4 is 6.03 Å². The van der Waals surface area contributed by atoms with Crippen molar-refractivity contribution in [2.75, 3.05) is 13.1 Å². The SMILES string of the molecule is CC(C)N1C(=O)N[C@@H]2CN(Cc3ncccc3C(F)(F)F)CC[C@@H]21. The first-order valence-electron chi connectivity index (χ1n) is 8.09. The Hall–Kier alpha value is -1.83. The van der Waals surface area contributed by atoms with Crippen LogP contribution in [0.15, 0.2) is 18.3 Å². The maximum Gasteiger partial charge on any atom is 0.418 e. The second-order valence-electron chi connectivity index (χ2n) is 6.64. The largest absolute Gasteiger partial charge is 0.418 e. The van der Waals surface area contributed by atoms with E-state index in [1.165, 1.54) is 12.3 Å². The van der Waals surface area contributed by atoms with Gasteiger partial charge in [0.15, 0.2) is 0 Å². The number of carbonyl (C=O) groups is 1. The zero-order chi connectivity index (χ0) is 17.5. The number of nitrogens with one attached hydrogen (secondary N) is 1. The molecule has 3 heterocycles. The molecule has 2 aliphatic heterocycles. The van der Waals surface area contributed by atoms with Crippen molar-refractivity contribution in [3.63, 3.8) is 0 Å². The fraction of sp³-hybridized carbons (Fsp3) is 0.625. The van der Waals surface area contributed by atoms with Crippen LogP contribution in [-0.4, -0.2) is 52.0 Å². The van der Waals surface area contributed by atoms with Crippen molar-refractivity contribution in [2.24, 2.45) is 0 Å². The summed E-state index contributed by atoms with van der Waals surface area (Å²) in [5, 5.41) is 2.95. The van der Waals surface area contributed by atoms with E-state index in [9.17, 15) is 18.0 Å². The lowest BCUT2D eigenvalue weighted by atomic mass is 9.98. The van der Waals surface area contributed by atoms with E-state index in [0.717, 1.165) is 12.5 Å². The number of halogens is 3. The molecule has 2 aliphatic rings. The van der Waals surface area contributed by atoms with E-state index in [-0.39, 0.29) is 36.4 Å². The monoisotopic (exact) mass is 342 g/mol. The first kappa shape index (κ1) is 17.0. The van der Waals surface area contributed by atoms with Gasteiger partial charge in [0, 0.05) is 31.9 Å². The molecule has 1 N–H and O–H groups in total. The first-order chi connectivity index (χ1) is 11.3. The summed E-state index contributed by atoms with van der Waals surface area (Å²) in [4.78, 5) is 19.8. The van der Waals surface area contributed by atoms with Gasteiger partial charge in [0.2, 0.25) is 0 Å². The zero-order valence-electron chi connectivity index (χ0n) is 13.7. The van der Waals surface area contributed by atoms with Crippen molar-refractivity contribution < 1.29 is 18.0 Å². The van der Waals surface area contributed by atoms with Crippen LogP contribution in [0.25, 0.3) is 0 Å². The smallest absolute Gasteiger partial charge is 0.332 e. The molecule has 0 unspecified atom stereocenters.